The number of hydrogen-bond donors (Lipinski definition) is 1. The zero-order valence-electron chi connectivity index (χ0n) is 12.3. The average Bonchev–Trinajstić information content (AvgIpc) is 3.04. The van der Waals surface area contributed by atoms with Crippen LogP contribution in [-0.4, -0.2) is 14.5 Å². The van der Waals surface area contributed by atoms with Crippen LogP contribution in [0.25, 0.3) is 16.6 Å². The van der Waals surface area contributed by atoms with Crippen molar-refractivity contribution in [2.75, 3.05) is 0 Å². The molecule has 0 amide bonds. The Morgan fingerprint density at radius 3 is 2.36 bits per heavy atom. The van der Waals surface area contributed by atoms with E-state index >= 15 is 0 Å². The summed E-state index contributed by atoms with van der Waals surface area (Å²) < 4.78 is 2.08. The van der Waals surface area contributed by atoms with Crippen molar-refractivity contribution in [2.45, 2.75) is 12.5 Å². The first kappa shape index (κ1) is 13.0. The molecule has 2 heterocycles. The van der Waals surface area contributed by atoms with E-state index in [0.29, 0.717) is 5.69 Å². The molecule has 4 rings (SSSR count). The molecule has 2 aromatic carbocycles. The molecule has 3 nitrogen and oxygen atoms in total. The standard InChI is InChI=1S/C19H16N2O/c1-19(22,14-8-3-2-4-9-14)18-17-12-7-13-21(17)16-11-6-5-10-15(16)20-18/h2-13,22H,1H3. The van der Waals surface area contributed by atoms with Gasteiger partial charge in [-0.05, 0) is 36.8 Å². The van der Waals surface area contributed by atoms with Crippen LogP contribution in [0.1, 0.15) is 18.2 Å². The summed E-state index contributed by atoms with van der Waals surface area (Å²) in [6.45, 7) is 1.80. The van der Waals surface area contributed by atoms with E-state index in [2.05, 4.69) is 4.40 Å². The van der Waals surface area contributed by atoms with Crippen molar-refractivity contribution < 1.29 is 5.11 Å². The van der Waals surface area contributed by atoms with Gasteiger partial charge in [0.2, 0.25) is 0 Å². The fraction of sp³-hybridized carbons (Fsp3) is 0.105. The molecule has 22 heavy (non-hydrogen) atoms. The summed E-state index contributed by atoms with van der Waals surface area (Å²) in [4.78, 5) is 4.75. The van der Waals surface area contributed by atoms with Crippen LogP contribution in [0, 0.1) is 0 Å². The van der Waals surface area contributed by atoms with Crippen LogP contribution in [0.15, 0.2) is 72.9 Å². The van der Waals surface area contributed by atoms with Crippen LogP contribution in [0.4, 0.5) is 0 Å². The Balaban J connectivity index is 2.07. The minimum atomic E-state index is -1.15. The minimum absolute atomic E-state index is 0.669. The molecule has 0 bridgehead atoms. The fourth-order valence-corrected chi connectivity index (χ4v) is 2.98. The number of hydrogen-bond acceptors (Lipinski definition) is 2. The van der Waals surface area contributed by atoms with E-state index in [-0.39, 0.29) is 0 Å². The van der Waals surface area contributed by atoms with Gasteiger partial charge >= 0.3 is 0 Å². The average molecular weight is 288 g/mol. The van der Waals surface area contributed by atoms with Gasteiger partial charge < -0.3 is 9.51 Å². The monoisotopic (exact) mass is 288 g/mol. The molecule has 4 aromatic rings. The second kappa shape index (κ2) is 4.68. The van der Waals surface area contributed by atoms with Crippen molar-refractivity contribution in [3.05, 3.63) is 84.2 Å². The maximum Gasteiger partial charge on any atom is 0.131 e. The molecule has 1 N–H and O–H groups in total. The number of para-hydroxylation sites is 2. The van der Waals surface area contributed by atoms with E-state index in [9.17, 15) is 5.11 Å². The molecule has 0 radical (unpaired) electrons. The summed E-state index contributed by atoms with van der Waals surface area (Å²) in [5, 5.41) is 11.2. The zero-order valence-corrected chi connectivity index (χ0v) is 12.3. The third-order valence-electron chi connectivity index (χ3n) is 4.16. The van der Waals surface area contributed by atoms with Gasteiger partial charge in [0, 0.05) is 6.20 Å². The van der Waals surface area contributed by atoms with Gasteiger partial charge in [0.25, 0.3) is 0 Å². The normalized spacial score (nSPS) is 14.3. The van der Waals surface area contributed by atoms with Gasteiger partial charge in [0.15, 0.2) is 0 Å². The number of aliphatic hydroxyl groups is 1. The second-order valence-corrected chi connectivity index (χ2v) is 5.65. The van der Waals surface area contributed by atoms with Crippen molar-refractivity contribution in [1.82, 2.24) is 9.38 Å². The molecule has 3 heteroatoms. The largest absolute Gasteiger partial charge is 0.379 e. The predicted molar refractivity (Wildman–Crippen MR) is 87.8 cm³/mol. The summed E-state index contributed by atoms with van der Waals surface area (Å²) >= 11 is 0. The Morgan fingerprint density at radius 2 is 1.55 bits per heavy atom. The van der Waals surface area contributed by atoms with E-state index in [1.807, 2.05) is 72.9 Å². The van der Waals surface area contributed by atoms with E-state index in [1.165, 1.54) is 0 Å². The molecule has 0 saturated carbocycles. The van der Waals surface area contributed by atoms with E-state index in [4.69, 9.17) is 4.98 Å². The van der Waals surface area contributed by atoms with Crippen molar-refractivity contribution in [3.8, 4) is 0 Å². The maximum atomic E-state index is 11.2. The maximum absolute atomic E-state index is 11.2. The molecular formula is C19H16N2O. The molecule has 1 unspecified atom stereocenters. The molecule has 0 saturated heterocycles. The highest BCUT2D eigenvalue weighted by atomic mass is 16.3. The fourth-order valence-electron chi connectivity index (χ4n) is 2.98. The van der Waals surface area contributed by atoms with Gasteiger partial charge in [-0.3, -0.25) is 0 Å². The van der Waals surface area contributed by atoms with Crippen LogP contribution in [-0.2, 0) is 5.60 Å². The molecule has 0 aliphatic heterocycles. The molecule has 0 fully saturated rings. The number of aromatic nitrogens is 2. The molecule has 0 aliphatic carbocycles. The Hall–Kier alpha value is -2.65. The molecule has 108 valence electrons. The summed E-state index contributed by atoms with van der Waals surface area (Å²) in [6, 6.07) is 21.6. The van der Waals surface area contributed by atoms with Crippen LogP contribution < -0.4 is 0 Å². The summed E-state index contributed by atoms with van der Waals surface area (Å²) in [6.07, 6.45) is 2.00. The highest BCUT2D eigenvalue weighted by molar-refractivity contribution is 5.80. The Bertz CT molecular complexity index is 955. The molecular weight excluding hydrogens is 272 g/mol. The van der Waals surface area contributed by atoms with Gasteiger partial charge in [-0.25, -0.2) is 4.98 Å². The van der Waals surface area contributed by atoms with Gasteiger partial charge in [-0.1, -0.05) is 42.5 Å². The van der Waals surface area contributed by atoms with Crippen molar-refractivity contribution >= 4 is 16.6 Å². The lowest BCUT2D eigenvalue weighted by Crippen LogP contribution is -2.25. The van der Waals surface area contributed by atoms with Gasteiger partial charge in [0.05, 0.1) is 16.6 Å². The van der Waals surface area contributed by atoms with E-state index in [1.54, 1.807) is 6.92 Å². The first-order valence-electron chi connectivity index (χ1n) is 7.32. The van der Waals surface area contributed by atoms with Gasteiger partial charge in [-0.2, -0.15) is 0 Å². The molecule has 2 aromatic heterocycles. The topological polar surface area (TPSA) is 37.5 Å². The first-order chi connectivity index (χ1) is 10.7. The lowest BCUT2D eigenvalue weighted by molar-refractivity contribution is 0.0991. The van der Waals surface area contributed by atoms with Gasteiger partial charge in [0.1, 0.15) is 11.3 Å². The van der Waals surface area contributed by atoms with Crippen molar-refractivity contribution in [1.29, 1.82) is 0 Å². The Labute approximate surface area is 128 Å². The number of benzene rings is 2. The van der Waals surface area contributed by atoms with Crippen molar-refractivity contribution in [2.24, 2.45) is 0 Å². The number of fused-ring (bicyclic) bond motifs is 3. The van der Waals surface area contributed by atoms with Crippen LogP contribution >= 0.6 is 0 Å². The third kappa shape index (κ3) is 1.83. The minimum Gasteiger partial charge on any atom is -0.379 e. The quantitative estimate of drug-likeness (QED) is 0.610. The lowest BCUT2D eigenvalue weighted by Gasteiger charge is -2.25. The summed E-state index contributed by atoms with van der Waals surface area (Å²) in [5.41, 5.74) is 3.19. The van der Waals surface area contributed by atoms with Crippen LogP contribution in [0.3, 0.4) is 0 Å². The van der Waals surface area contributed by atoms with Crippen molar-refractivity contribution in [3.63, 3.8) is 0 Å². The third-order valence-corrected chi connectivity index (χ3v) is 4.16. The highest BCUT2D eigenvalue weighted by Gasteiger charge is 2.30. The number of rotatable bonds is 2. The number of nitrogens with zero attached hydrogens (tertiary/aromatic N) is 2. The highest BCUT2D eigenvalue weighted by Crippen LogP contribution is 2.32. The van der Waals surface area contributed by atoms with Gasteiger partial charge in [-0.15, -0.1) is 0 Å². The molecule has 0 spiro atoms. The van der Waals surface area contributed by atoms with Crippen LogP contribution in [0.2, 0.25) is 0 Å². The Kier molecular flexibility index (Phi) is 2.78. The summed E-state index contributed by atoms with van der Waals surface area (Å²) in [5.74, 6) is 0. The molecule has 0 aliphatic rings. The second-order valence-electron chi connectivity index (χ2n) is 5.65. The predicted octanol–water partition coefficient (Wildman–Crippen LogP) is 3.74. The SMILES string of the molecule is CC(O)(c1ccccc1)c1nc2ccccc2n2cccc12. The van der Waals surface area contributed by atoms with Crippen LogP contribution in [0.5, 0.6) is 0 Å². The Morgan fingerprint density at radius 1 is 0.864 bits per heavy atom. The van der Waals surface area contributed by atoms with E-state index < -0.39 is 5.60 Å². The lowest BCUT2D eigenvalue weighted by atomic mass is 9.91. The zero-order chi connectivity index (χ0) is 15.2. The summed E-state index contributed by atoms with van der Waals surface area (Å²) in [7, 11) is 0. The molecule has 1 atom stereocenters. The van der Waals surface area contributed by atoms with E-state index in [0.717, 1.165) is 22.1 Å². The first-order valence-corrected chi connectivity index (χ1v) is 7.32. The smallest absolute Gasteiger partial charge is 0.131 e.